The molecule has 2 nitrogen and oxygen atoms in total. The minimum Gasteiger partial charge on any atom is -0.308 e. The second-order valence-electron chi connectivity index (χ2n) is 4.89. The van der Waals surface area contributed by atoms with Crippen LogP contribution in [-0.4, -0.2) is 11.5 Å². The molecule has 1 N–H and O–H groups in total. The zero-order valence-corrected chi connectivity index (χ0v) is 14.1. The van der Waals surface area contributed by atoms with Crippen LogP contribution in [0.25, 0.3) is 0 Å². The van der Waals surface area contributed by atoms with Crippen LogP contribution in [0.15, 0.2) is 41.0 Å². The van der Waals surface area contributed by atoms with Gasteiger partial charge >= 0.3 is 0 Å². The van der Waals surface area contributed by atoms with E-state index in [1.165, 1.54) is 6.07 Å². The normalized spacial score (nSPS) is 12.4. The van der Waals surface area contributed by atoms with Gasteiger partial charge in [-0.1, -0.05) is 34.5 Å². The summed E-state index contributed by atoms with van der Waals surface area (Å²) in [6.45, 7) is 2.99. The molecule has 5 heteroatoms. The number of hydrogen-bond donors (Lipinski definition) is 1. The molecule has 1 heterocycles. The van der Waals surface area contributed by atoms with Crippen LogP contribution in [0.5, 0.6) is 0 Å². The Morgan fingerprint density at radius 3 is 2.76 bits per heavy atom. The van der Waals surface area contributed by atoms with Gasteiger partial charge in [0.25, 0.3) is 0 Å². The summed E-state index contributed by atoms with van der Waals surface area (Å²) >= 11 is 9.21. The second-order valence-corrected chi connectivity index (χ2v) is 6.24. The molecule has 2 aromatic rings. The van der Waals surface area contributed by atoms with Crippen LogP contribution >= 0.6 is 27.5 Å². The molecule has 1 unspecified atom stereocenters. The molecule has 0 saturated carbocycles. The maximum Gasteiger partial charge on any atom is 0.124 e. The Balaban J connectivity index is 2.21. The van der Waals surface area contributed by atoms with Gasteiger partial charge in [0.15, 0.2) is 0 Å². The highest BCUT2D eigenvalue weighted by molar-refractivity contribution is 9.10. The summed E-state index contributed by atoms with van der Waals surface area (Å²) in [4.78, 5) is 4.37. The van der Waals surface area contributed by atoms with Gasteiger partial charge in [0.2, 0.25) is 0 Å². The zero-order chi connectivity index (χ0) is 15.2. The molecule has 0 radical (unpaired) electrons. The van der Waals surface area contributed by atoms with Crippen LogP contribution in [-0.2, 0) is 6.42 Å². The molecule has 0 amide bonds. The van der Waals surface area contributed by atoms with Crippen LogP contribution < -0.4 is 5.32 Å². The van der Waals surface area contributed by atoms with E-state index < -0.39 is 0 Å². The highest BCUT2D eigenvalue weighted by Gasteiger charge is 2.14. The summed E-state index contributed by atoms with van der Waals surface area (Å²) in [6, 6.07) is 8.71. The van der Waals surface area contributed by atoms with E-state index in [1.807, 2.05) is 18.2 Å². The SMILES string of the molecule is CCCNC(Cc1cc(F)cc(Br)c1)c1ccc(Cl)cn1. The van der Waals surface area contributed by atoms with Gasteiger partial charge in [0.05, 0.1) is 16.8 Å². The van der Waals surface area contributed by atoms with Crippen molar-refractivity contribution in [1.82, 2.24) is 10.3 Å². The number of rotatable bonds is 6. The molecule has 21 heavy (non-hydrogen) atoms. The molecule has 0 aliphatic rings. The first-order chi connectivity index (χ1) is 10.1. The third-order valence-corrected chi connectivity index (χ3v) is 3.79. The minimum absolute atomic E-state index is 0.0379. The lowest BCUT2D eigenvalue weighted by molar-refractivity contribution is 0.516. The van der Waals surface area contributed by atoms with Crippen molar-refractivity contribution in [1.29, 1.82) is 0 Å². The fraction of sp³-hybridized carbons (Fsp3) is 0.312. The van der Waals surface area contributed by atoms with Crippen LogP contribution in [0.2, 0.25) is 5.02 Å². The first-order valence-corrected chi connectivity index (χ1v) is 8.05. The Morgan fingerprint density at radius 1 is 1.33 bits per heavy atom. The van der Waals surface area contributed by atoms with E-state index in [-0.39, 0.29) is 11.9 Å². The Labute approximate surface area is 137 Å². The van der Waals surface area contributed by atoms with E-state index in [0.717, 1.165) is 28.7 Å². The highest BCUT2D eigenvalue weighted by Crippen LogP contribution is 2.22. The van der Waals surface area contributed by atoms with Crippen molar-refractivity contribution >= 4 is 27.5 Å². The average Bonchev–Trinajstić information content (AvgIpc) is 2.43. The highest BCUT2D eigenvalue weighted by atomic mass is 79.9. The van der Waals surface area contributed by atoms with E-state index in [2.05, 4.69) is 33.2 Å². The molecule has 0 aliphatic carbocycles. The largest absolute Gasteiger partial charge is 0.308 e. The summed E-state index contributed by atoms with van der Waals surface area (Å²) in [6.07, 6.45) is 3.33. The van der Waals surface area contributed by atoms with Gasteiger partial charge in [0, 0.05) is 10.7 Å². The number of nitrogens with zero attached hydrogens (tertiary/aromatic N) is 1. The lowest BCUT2D eigenvalue weighted by Crippen LogP contribution is -2.25. The smallest absolute Gasteiger partial charge is 0.124 e. The van der Waals surface area contributed by atoms with Crippen molar-refractivity contribution in [2.75, 3.05) is 6.54 Å². The van der Waals surface area contributed by atoms with Gasteiger partial charge in [-0.25, -0.2) is 4.39 Å². The first kappa shape index (κ1) is 16.4. The van der Waals surface area contributed by atoms with Gasteiger partial charge in [-0.3, -0.25) is 4.98 Å². The van der Waals surface area contributed by atoms with Gasteiger partial charge in [-0.05, 0) is 55.3 Å². The maximum absolute atomic E-state index is 13.5. The fourth-order valence-corrected chi connectivity index (χ4v) is 2.78. The number of nitrogens with one attached hydrogen (secondary N) is 1. The molecule has 0 aliphatic heterocycles. The van der Waals surface area contributed by atoms with Gasteiger partial charge in [0.1, 0.15) is 5.82 Å². The van der Waals surface area contributed by atoms with Crippen molar-refractivity contribution < 1.29 is 4.39 Å². The van der Waals surface area contributed by atoms with Gasteiger partial charge in [-0.15, -0.1) is 0 Å². The predicted octanol–water partition coefficient (Wildman–Crippen LogP) is 4.92. The molecule has 1 aromatic heterocycles. The molecule has 0 saturated heterocycles. The van der Waals surface area contributed by atoms with Crippen molar-refractivity contribution in [3.05, 3.63) is 63.1 Å². The van der Waals surface area contributed by atoms with E-state index in [9.17, 15) is 4.39 Å². The Hall–Kier alpha value is -0.970. The first-order valence-electron chi connectivity index (χ1n) is 6.88. The third kappa shape index (κ3) is 5.06. The van der Waals surface area contributed by atoms with Crippen LogP contribution in [0.1, 0.15) is 30.6 Å². The summed E-state index contributed by atoms with van der Waals surface area (Å²) in [5, 5.41) is 4.06. The number of halogens is 3. The Kier molecular flexibility index (Phi) is 6.15. The zero-order valence-electron chi connectivity index (χ0n) is 11.7. The van der Waals surface area contributed by atoms with Crippen molar-refractivity contribution in [2.24, 2.45) is 0 Å². The number of hydrogen-bond acceptors (Lipinski definition) is 2. The number of pyridine rings is 1. The minimum atomic E-state index is -0.238. The summed E-state index contributed by atoms with van der Waals surface area (Å²) < 4.78 is 14.2. The van der Waals surface area contributed by atoms with Crippen molar-refractivity contribution in [3.8, 4) is 0 Å². The Bertz CT molecular complexity index is 569. The molecular weight excluding hydrogens is 355 g/mol. The standard InChI is InChI=1S/C16H17BrClFN2/c1-2-5-20-16(15-4-3-13(18)10-21-15)8-11-6-12(17)9-14(19)7-11/h3-4,6-7,9-10,16,20H,2,5,8H2,1H3. The lowest BCUT2D eigenvalue weighted by atomic mass is 10.0. The number of aromatic nitrogens is 1. The van der Waals surface area contributed by atoms with Crippen molar-refractivity contribution in [2.45, 2.75) is 25.8 Å². The summed E-state index contributed by atoms with van der Waals surface area (Å²) in [5.41, 5.74) is 1.83. The molecule has 1 atom stereocenters. The van der Waals surface area contributed by atoms with Gasteiger partial charge < -0.3 is 5.32 Å². The van der Waals surface area contributed by atoms with Crippen LogP contribution in [0, 0.1) is 5.82 Å². The molecule has 112 valence electrons. The Morgan fingerprint density at radius 2 is 2.14 bits per heavy atom. The topological polar surface area (TPSA) is 24.9 Å². The average molecular weight is 372 g/mol. The third-order valence-electron chi connectivity index (χ3n) is 3.11. The molecule has 0 bridgehead atoms. The number of benzene rings is 1. The van der Waals surface area contributed by atoms with Crippen molar-refractivity contribution in [3.63, 3.8) is 0 Å². The molecular formula is C16H17BrClFN2. The maximum atomic E-state index is 13.5. The van der Waals surface area contributed by atoms with E-state index in [1.54, 1.807) is 12.3 Å². The fourth-order valence-electron chi connectivity index (χ4n) is 2.16. The van der Waals surface area contributed by atoms with Crippen LogP contribution in [0.3, 0.4) is 0 Å². The lowest BCUT2D eigenvalue weighted by Gasteiger charge is -2.18. The molecule has 1 aromatic carbocycles. The second kappa shape index (κ2) is 7.87. The predicted molar refractivity (Wildman–Crippen MR) is 88.1 cm³/mol. The summed E-state index contributed by atoms with van der Waals surface area (Å²) in [7, 11) is 0. The summed E-state index contributed by atoms with van der Waals surface area (Å²) in [5.74, 6) is -0.238. The molecule has 0 spiro atoms. The monoisotopic (exact) mass is 370 g/mol. The van der Waals surface area contributed by atoms with E-state index >= 15 is 0 Å². The van der Waals surface area contributed by atoms with E-state index in [0.29, 0.717) is 11.4 Å². The quantitative estimate of drug-likeness (QED) is 0.779. The molecule has 2 rings (SSSR count). The van der Waals surface area contributed by atoms with Gasteiger partial charge in [-0.2, -0.15) is 0 Å². The van der Waals surface area contributed by atoms with Crippen LogP contribution in [0.4, 0.5) is 4.39 Å². The molecule has 0 fully saturated rings. The van der Waals surface area contributed by atoms with E-state index in [4.69, 9.17) is 11.6 Å².